The van der Waals surface area contributed by atoms with Gasteiger partial charge in [-0.25, -0.2) is 15.0 Å². The molecule has 0 spiro atoms. The number of imidazole rings is 1. The maximum Gasteiger partial charge on any atom is 0.227 e. The Morgan fingerprint density at radius 3 is 2.79 bits per heavy atom. The molecule has 0 unspecified atom stereocenters. The Morgan fingerprint density at radius 1 is 1.00 bits per heavy atom. The van der Waals surface area contributed by atoms with Crippen LogP contribution in [0.15, 0.2) is 67.0 Å². The molecule has 0 aliphatic rings. The molecule has 170 valence electrons. The van der Waals surface area contributed by atoms with Gasteiger partial charge in [-0.05, 0) is 43.3 Å². The predicted molar refractivity (Wildman–Crippen MR) is 127 cm³/mol. The number of benzene rings is 2. The van der Waals surface area contributed by atoms with E-state index in [4.69, 9.17) is 9.84 Å². The molecule has 0 aliphatic carbocycles. The second kappa shape index (κ2) is 11.1. The van der Waals surface area contributed by atoms with E-state index in [1.807, 2.05) is 30.3 Å². The van der Waals surface area contributed by atoms with Crippen LogP contribution in [0.3, 0.4) is 0 Å². The number of hydrogen-bond donors (Lipinski definition) is 5. The first-order valence-electron chi connectivity index (χ1n) is 10.7. The largest absolute Gasteiger partial charge is 0.508 e. The highest BCUT2D eigenvalue weighted by atomic mass is 16.5. The van der Waals surface area contributed by atoms with E-state index in [1.165, 1.54) is 0 Å². The number of ether oxygens (including phenoxy) is 1. The Morgan fingerprint density at radius 2 is 1.91 bits per heavy atom. The molecule has 2 heterocycles. The van der Waals surface area contributed by atoms with Gasteiger partial charge in [0.05, 0.1) is 30.8 Å². The maximum atomic E-state index is 9.70. The summed E-state index contributed by atoms with van der Waals surface area (Å²) >= 11 is 0. The third-order valence-corrected chi connectivity index (χ3v) is 4.77. The standard InChI is InChI=1S/C24H26N6O3/c31-12-11-25-9-3-13-33-20-7-2-5-18(15-20)28-24-26-10-8-21(30-24)22-16-27-23(29-22)17-4-1-6-19(32)14-17/h1-2,4-8,10,14-16,25,31-32H,3,9,11-13H2,(H,27,29)(H,26,28,30). The second-order valence-electron chi connectivity index (χ2n) is 7.29. The van der Waals surface area contributed by atoms with E-state index in [9.17, 15) is 5.11 Å². The lowest BCUT2D eigenvalue weighted by molar-refractivity contribution is 0.282. The first kappa shape index (κ1) is 22.3. The zero-order valence-corrected chi connectivity index (χ0v) is 18.0. The number of H-pyrrole nitrogens is 1. The van der Waals surface area contributed by atoms with Gasteiger partial charge in [0, 0.05) is 30.1 Å². The summed E-state index contributed by atoms with van der Waals surface area (Å²) in [6.07, 6.45) is 4.23. The molecule has 0 saturated heterocycles. The third kappa shape index (κ3) is 6.28. The maximum absolute atomic E-state index is 9.70. The molecule has 0 atom stereocenters. The highest BCUT2D eigenvalue weighted by molar-refractivity contribution is 5.64. The average Bonchev–Trinajstić information content (AvgIpc) is 3.32. The van der Waals surface area contributed by atoms with Crippen molar-refractivity contribution < 1.29 is 14.9 Å². The van der Waals surface area contributed by atoms with Crippen LogP contribution >= 0.6 is 0 Å². The molecule has 5 N–H and O–H groups in total. The van der Waals surface area contributed by atoms with E-state index in [0.29, 0.717) is 30.6 Å². The van der Waals surface area contributed by atoms with Crippen molar-refractivity contribution in [2.45, 2.75) is 6.42 Å². The number of hydrogen-bond acceptors (Lipinski definition) is 8. The fourth-order valence-corrected chi connectivity index (χ4v) is 3.20. The zero-order valence-electron chi connectivity index (χ0n) is 18.0. The molecule has 4 aromatic rings. The summed E-state index contributed by atoms with van der Waals surface area (Å²) in [4.78, 5) is 16.5. The van der Waals surface area contributed by atoms with Gasteiger partial charge in [-0.15, -0.1) is 0 Å². The van der Waals surface area contributed by atoms with E-state index in [2.05, 4.69) is 30.6 Å². The molecule has 4 rings (SSSR count). The number of aliphatic hydroxyl groups excluding tert-OH is 1. The van der Waals surface area contributed by atoms with E-state index >= 15 is 0 Å². The van der Waals surface area contributed by atoms with Crippen LogP contribution < -0.4 is 15.4 Å². The molecule has 0 saturated carbocycles. The van der Waals surface area contributed by atoms with Crippen molar-refractivity contribution in [3.63, 3.8) is 0 Å². The topological polar surface area (TPSA) is 128 Å². The lowest BCUT2D eigenvalue weighted by Crippen LogP contribution is -2.20. The zero-order chi connectivity index (χ0) is 22.9. The minimum Gasteiger partial charge on any atom is -0.508 e. The molecule has 9 heteroatoms. The highest BCUT2D eigenvalue weighted by Gasteiger charge is 2.09. The van der Waals surface area contributed by atoms with Crippen LogP contribution in [0.1, 0.15) is 6.42 Å². The van der Waals surface area contributed by atoms with Crippen LogP contribution in [-0.2, 0) is 0 Å². The number of rotatable bonds is 11. The number of anilines is 2. The van der Waals surface area contributed by atoms with E-state index in [-0.39, 0.29) is 12.4 Å². The fraction of sp³-hybridized carbons (Fsp3) is 0.208. The number of aromatic nitrogens is 4. The smallest absolute Gasteiger partial charge is 0.227 e. The number of nitrogens with zero attached hydrogens (tertiary/aromatic N) is 3. The Labute approximate surface area is 191 Å². The van der Waals surface area contributed by atoms with Crippen LogP contribution in [0.2, 0.25) is 0 Å². The molecule has 9 nitrogen and oxygen atoms in total. The summed E-state index contributed by atoms with van der Waals surface area (Å²) in [5, 5.41) is 24.8. The van der Waals surface area contributed by atoms with Crippen molar-refractivity contribution in [3.05, 3.63) is 67.0 Å². The van der Waals surface area contributed by atoms with Crippen LogP contribution in [0.25, 0.3) is 22.8 Å². The summed E-state index contributed by atoms with van der Waals surface area (Å²) in [5.41, 5.74) is 3.03. The summed E-state index contributed by atoms with van der Waals surface area (Å²) in [5.74, 6) is 2.03. The Bertz CT molecular complexity index is 1180. The SMILES string of the molecule is OCCNCCCOc1cccc(Nc2nccc(-c3cnc(-c4cccc(O)c4)[nH]3)n2)c1. The van der Waals surface area contributed by atoms with Gasteiger partial charge >= 0.3 is 0 Å². The van der Waals surface area contributed by atoms with Gasteiger partial charge in [0.25, 0.3) is 0 Å². The fourth-order valence-electron chi connectivity index (χ4n) is 3.20. The van der Waals surface area contributed by atoms with Gasteiger partial charge in [0.2, 0.25) is 5.95 Å². The second-order valence-corrected chi connectivity index (χ2v) is 7.29. The van der Waals surface area contributed by atoms with Gasteiger partial charge in [-0.3, -0.25) is 0 Å². The first-order valence-corrected chi connectivity index (χ1v) is 10.7. The van der Waals surface area contributed by atoms with E-state index in [0.717, 1.165) is 35.7 Å². The Kier molecular flexibility index (Phi) is 7.47. The van der Waals surface area contributed by atoms with Crippen molar-refractivity contribution in [2.24, 2.45) is 0 Å². The summed E-state index contributed by atoms with van der Waals surface area (Å²) in [6.45, 7) is 2.10. The molecule has 33 heavy (non-hydrogen) atoms. The molecule has 2 aromatic heterocycles. The molecular weight excluding hydrogens is 420 g/mol. The van der Waals surface area contributed by atoms with Gasteiger partial charge in [-0.2, -0.15) is 0 Å². The average molecular weight is 447 g/mol. The predicted octanol–water partition coefficient (Wildman–Crippen LogP) is 3.33. The van der Waals surface area contributed by atoms with Gasteiger partial charge in [-0.1, -0.05) is 18.2 Å². The number of phenols is 1. The van der Waals surface area contributed by atoms with Gasteiger partial charge in [0.15, 0.2) is 0 Å². The van der Waals surface area contributed by atoms with Crippen LogP contribution in [0.5, 0.6) is 11.5 Å². The van der Waals surface area contributed by atoms with Gasteiger partial charge in [0.1, 0.15) is 17.3 Å². The Balaban J connectivity index is 1.40. The number of aromatic amines is 1. The molecule has 2 aromatic carbocycles. The number of aliphatic hydroxyl groups is 1. The summed E-state index contributed by atoms with van der Waals surface area (Å²) < 4.78 is 5.80. The van der Waals surface area contributed by atoms with Crippen LogP contribution in [-0.4, -0.2) is 56.5 Å². The summed E-state index contributed by atoms with van der Waals surface area (Å²) in [7, 11) is 0. The highest BCUT2D eigenvalue weighted by Crippen LogP contribution is 2.25. The molecular formula is C24H26N6O3. The molecule has 0 bridgehead atoms. The van der Waals surface area contributed by atoms with Crippen LogP contribution in [0.4, 0.5) is 11.6 Å². The number of phenolic OH excluding ortho intramolecular Hbond substituents is 1. The van der Waals surface area contributed by atoms with Gasteiger partial charge < -0.3 is 30.6 Å². The Hall–Kier alpha value is -3.95. The van der Waals surface area contributed by atoms with Crippen molar-refractivity contribution in [2.75, 3.05) is 31.6 Å². The molecule has 0 amide bonds. The van der Waals surface area contributed by atoms with Crippen LogP contribution in [0, 0.1) is 0 Å². The minimum atomic E-state index is 0.136. The van der Waals surface area contributed by atoms with E-state index in [1.54, 1.807) is 36.7 Å². The van der Waals surface area contributed by atoms with Crippen molar-refractivity contribution in [1.82, 2.24) is 25.3 Å². The molecule has 0 aliphatic heterocycles. The van der Waals surface area contributed by atoms with E-state index < -0.39 is 0 Å². The van der Waals surface area contributed by atoms with Crippen molar-refractivity contribution >= 4 is 11.6 Å². The number of aromatic hydroxyl groups is 1. The number of nitrogens with one attached hydrogen (secondary N) is 3. The lowest BCUT2D eigenvalue weighted by Gasteiger charge is -2.10. The first-order chi connectivity index (χ1) is 16.2. The molecule has 0 fully saturated rings. The molecule has 0 radical (unpaired) electrons. The monoisotopic (exact) mass is 446 g/mol. The lowest BCUT2D eigenvalue weighted by atomic mass is 10.2. The normalized spacial score (nSPS) is 10.8. The minimum absolute atomic E-state index is 0.136. The van der Waals surface area contributed by atoms with Crippen molar-refractivity contribution in [1.29, 1.82) is 0 Å². The quantitative estimate of drug-likeness (QED) is 0.222. The summed E-state index contributed by atoms with van der Waals surface area (Å²) in [6, 6.07) is 16.3. The van der Waals surface area contributed by atoms with Crippen molar-refractivity contribution in [3.8, 4) is 34.3 Å². The third-order valence-electron chi connectivity index (χ3n) is 4.77.